The molecule has 1 atom stereocenters. The average Bonchev–Trinajstić information content (AvgIpc) is 2.74. The molecule has 1 aromatic carbocycles. The molecule has 2 aromatic rings. The molecule has 1 amide bonds. The van der Waals surface area contributed by atoms with Crippen LogP contribution in [0.5, 0.6) is 5.75 Å². The van der Waals surface area contributed by atoms with Crippen molar-refractivity contribution in [1.29, 1.82) is 0 Å². The summed E-state index contributed by atoms with van der Waals surface area (Å²) in [4.78, 5) is 27.8. The summed E-state index contributed by atoms with van der Waals surface area (Å²) in [6.07, 6.45) is 2.36. The summed E-state index contributed by atoms with van der Waals surface area (Å²) in [7, 11) is 0. The molecule has 0 bridgehead atoms. The van der Waals surface area contributed by atoms with Gasteiger partial charge in [0.2, 0.25) is 5.91 Å². The SMILES string of the molecule is CCC(=O)Oc1ccccc1N=Nc1ccc(NC(=O)[C@@H](N)CCCCN)nc1N. The number of ether oxygens (including phenoxy) is 1. The van der Waals surface area contributed by atoms with Crippen LogP contribution in [0.3, 0.4) is 0 Å². The second kappa shape index (κ2) is 11.6. The lowest BCUT2D eigenvalue weighted by molar-refractivity contribution is -0.134. The van der Waals surface area contributed by atoms with Gasteiger partial charge in [-0.1, -0.05) is 25.5 Å². The van der Waals surface area contributed by atoms with Crippen LogP contribution in [0.1, 0.15) is 32.6 Å². The molecule has 1 heterocycles. The van der Waals surface area contributed by atoms with E-state index in [0.717, 1.165) is 12.8 Å². The lowest BCUT2D eigenvalue weighted by Crippen LogP contribution is -2.35. The first-order valence-electron chi connectivity index (χ1n) is 9.69. The number of benzene rings is 1. The number of nitrogens with two attached hydrogens (primary N) is 3. The van der Waals surface area contributed by atoms with Crippen LogP contribution in [0, 0.1) is 0 Å². The summed E-state index contributed by atoms with van der Waals surface area (Å²) in [6.45, 7) is 2.26. The van der Waals surface area contributed by atoms with Crippen LogP contribution in [0.2, 0.25) is 0 Å². The van der Waals surface area contributed by atoms with Crippen molar-refractivity contribution in [2.45, 2.75) is 38.6 Å². The number of nitrogens with zero attached hydrogens (tertiary/aromatic N) is 3. The molecule has 30 heavy (non-hydrogen) atoms. The molecule has 0 unspecified atom stereocenters. The van der Waals surface area contributed by atoms with E-state index in [4.69, 9.17) is 21.9 Å². The smallest absolute Gasteiger partial charge is 0.310 e. The van der Waals surface area contributed by atoms with Crippen LogP contribution in [0.15, 0.2) is 46.6 Å². The van der Waals surface area contributed by atoms with Crippen molar-refractivity contribution in [3.05, 3.63) is 36.4 Å². The number of amides is 1. The van der Waals surface area contributed by atoms with Gasteiger partial charge in [0.15, 0.2) is 11.6 Å². The van der Waals surface area contributed by atoms with E-state index in [1.165, 1.54) is 0 Å². The van der Waals surface area contributed by atoms with Crippen molar-refractivity contribution in [3.63, 3.8) is 0 Å². The van der Waals surface area contributed by atoms with E-state index < -0.39 is 6.04 Å². The normalized spacial score (nSPS) is 12.0. The first-order chi connectivity index (χ1) is 14.4. The van der Waals surface area contributed by atoms with Crippen molar-refractivity contribution < 1.29 is 14.3 Å². The number of aromatic nitrogens is 1. The van der Waals surface area contributed by atoms with Crippen molar-refractivity contribution in [3.8, 4) is 5.75 Å². The van der Waals surface area contributed by atoms with Gasteiger partial charge in [0.1, 0.15) is 17.2 Å². The monoisotopic (exact) mass is 413 g/mol. The topological polar surface area (TPSA) is 171 Å². The van der Waals surface area contributed by atoms with Crippen LogP contribution in [-0.2, 0) is 9.59 Å². The van der Waals surface area contributed by atoms with Crippen LogP contribution in [-0.4, -0.2) is 29.4 Å². The number of rotatable bonds is 10. The third-order valence-electron chi connectivity index (χ3n) is 4.10. The molecule has 0 aliphatic heterocycles. The van der Waals surface area contributed by atoms with E-state index in [-0.39, 0.29) is 29.9 Å². The fourth-order valence-electron chi connectivity index (χ4n) is 2.41. The molecule has 160 valence electrons. The van der Waals surface area contributed by atoms with Crippen molar-refractivity contribution >= 4 is 34.9 Å². The Hall–Kier alpha value is -3.37. The van der Waals surface area contributed by atoms with Gasteiger partial charge in [-0.05, 0) is 43.7 Å². The van der Waals surface area contributed by atoms with E-state index in [1.54, 1.807) is 43.3 Å². The molecule has 1 aromatic heterocycles. The van der Waals surface area contributed by atoms with Crippen LogP contribution >= 0.6 is 0 Å². The Kier molecular flexibility index (Phi) is 8.85. The van der Waals surface area contributed by atoms with Gasteiger partial charge in [0, 0.05) is 6.42 Å². The van der Waals surface area contributed by atoms with Gasteiger partial charge in [-0.2, -0.15) is 0 Å². The summed E-state index contributed by atoms with van der Waals surface area (Å²) < 4.78 is 5.23. The highest BCUT2D eigenvalue weighted by molar-refractivity contribution is 5.94. The average molecular weight is 413 g/mol. The molecule has 0 aliphatic rings. The van der Waals surface area contributed by atoms with E-state index in [1.807, 2.05) is 0 Å². The van der Waals surface area contributed by atoms with Gasteiger partial charge in [0.05, 0.1) is 6.04 Å². The Morgan fingerprint density at radius 3 is 2.57 bits per heavy atom. The highest BCUT2D eigenvalue weighted by Crippen LogP contribution is 2.30. The fourth-order valence-corrected chi connectivity index (χ4v) is 2.41. The van der Waals surface area contributed by atoms with Gasteiger partial charge >= 0.3 is 5.97 Å². The van der Waals surface area contributed by atoms with E-state index >= 15 is 0 Å². The third kappa shape index (κ3) is 6.90. The summed E-state index contributed by atoms with van der Waals surface area (Å²) in [5, 5.41) is 10.8. The van der Waals surface area contributed by atoms with Crippen molar-refractivity contribution in [2.75, 3.05) is 17.6 Å². The van der Waals surface area contributed by atoms with Gasteiger partial charge in [-0.25, -0.2) is 4.98 Å². The maximum absolute atomic E-state index is 12.1. The minimum atomic E-state index is -0.652. The predicted molar refractivity (Wildman–Crippen MR) is 115 cm³/mol. The second-order valence-electron chi connectivity index (χ2n) is 6.48. The number of esters is 1. The molecule has 0 fully saturated rings. The van der Waals surface area contributed by atoms with Gasteiger partial charge in [-0.15, -0.1) is 10.2 Å². The Bertz CT molecular complexity index is 902. The van der Waals surface area contributed by atoms with Crippen LogP contribution in [0.4, 0.5) is 23.0 Å². The number of anilines is 2. The fraction of sp³-hybridized carbons (Fsp3) is 0.350. The summed E-state index contributed by atoms with van der Waals surface area (Å²) >= 11 is 0. The van der Waals surface area contributed by atoms with E-state index in [9.17, 15) is 9.59 Å². The van der Waals surface area contributed by atoms with Crippen LogP contribution in [0.25, 0.3) is 0 Å². The Morgan fingerprint density at radius 1 is 1.13 bits per heavy atom. The number of hydrogen-bond acceptors (Lipinski definition) is 9. The molecule has 10 heteroatoms. The maximum Gasteiger partial charge on any atom is 0.310 e. The highest BCUT2D eigenvalue weighted by atomic mass is 16.5. The molecular weight excluding hydrogens is 386 g/mol. The Labute approximate surface area is 174 Å². The molecule has 0 saturated carbocycles. The number of para-hydroxylation sites is 1. The Morgan fingerprint density at radius 2 is 1.87 bits per heavy atom. The van der Waals surface area contributed by atoms with E-state index in [2.05, 4.69) is 20.5 Å². The predicted octanol–water partition coefficient (Wildman–Crippen LogP) is 2.79. The van der Waals surface area contributed by atoms with Crippen molar-refractivity contribution in [2.24, 2.45) is 21.7 Å². The first kappa shape index (κ1) is 22.9. The number of nitrogens with one attached hydrogen (secondary N) is 1. The number of azo groups is 1. The molecular formula is C20H27N7O3. The number of pyridine rings is 1. The first-order valence-corrected chi connectivity index (χ1v) is 9.69. The molecule has 0 radical (unpaired) electrons. The minimum Gasteiger partial charge on any atom is -0.424 e. The molecule has 2 rings (SSSR count). The third-order valence-corrected chi connectivity index (χ3v) is 4.10. The van der Waals surface area contributed by atoms with Crippen LogP contribution < -0.4 is 27.3 Å². The minimum absolute atomic E-state index is 0.0799. The van der Waals surface area contributed by atoms with Gasteiger partial charge in [-0.3, -0.25) is 9.59 Å². The zero-order chi connectivity index (χ0) is 21.9. The molecule has 10 nitrogen and oxygen atoms in total. The highest BCUT2D eigenvalue weighted by Gasteiger charge is 2.14. The second-order valence-corrected chi connectivity index (χ2v) is 6.48. The number of hydrogen-bond donors (Lipinski definition) is 4. The number of carbonyl (C=O) groups is 2. The molecule has 0 spiro atoms. The lowest BCUT2D eigenvalue weighted by Gasteiger charge is -2.12. The zero-order valence-electron chi connectivity index (χ0n) is 16.9. The largest absolute Gasteiger partial charge is 0.424 e. The van der Waals surface area contributed by atoms with Gasteiger partial charge in [0.25, 0.3) is 0 Å². The Balaban J connectivity index is 2.06. The zero-order valence-corrected chi connectivity index (χ0v) is 16.9. The number of unbranched alkanes of at least 4 members (excludes halogenated alkanes) is 1. The summed E-state index contributed by atoms with van der Waals surface area (Å²) in [5.41, 5.74) is 17.9. The summed E-state index contributed by atoms with van der Waals surface area (Å²) in [6, 6.07) is 9.23. The molecule has 0 aliphatic carbocycles. The van der Waals surface area contributed by atoms with Crippen molar-refractivity contribution in [1.82, 2.24) is 4.98 Å². The summed E-state index contributed by atoms with van der Waals surface area (Å²) in [5.74, 6) is -0.0773. The molecule has 7 N–H and O–H groups in total. The number of carbonyl (C=O) groups excluding carboxylic acids is 2. The van der Waals surface area contributed by atoms with E-state index in [0.29, 0.717) is 30.1 Å². The standard InChI is InChI=1S/C20H27N7O3/c1-2-18(28)30-16-9-4-3-8-14(16)26-27-15-10-11-17(24-19(15)23)25-20(29)13(22)7-5-6-12-21/h3-4,8-11,13H,2,5-7,12,21-22H2,1H3,(H3,23,24,25,29)/t13-/m0/s1. The number of nitrogen functional groups attached to an aromatic ring is 1. The van der Waals surface area contributed by atoms with Gasteiger partial charge < -0.3 is 27.3 Å². The maximum atomic E-state index is 12.1. The lowest BCUT2D eigenvalue weighted by atomic mass is 10.1. The quantitative estimate of drug-likeness (QED) is 0.201. The molecule has 0 saturated heterocycles.